The van der Waals surface area contributed by atoms with E-state index in [0.29, 0.717) is 17.9 Å². The van der Waals surface area contributed by atoms with E-state index in [1.807, 2.05) is 6.07 Å². The van der Waals surface area contributed by atoms with E-state index in [4.69, 9.17) is 0 Å². The lowest BCUT2D eigenvalue weighted by Gasteiger charge is -2.21. The molecule has 2 aromatic carbocycles. The monoisotopic (exact) mass is 420 g/mol. The van der Waals surface area contributed by atoms with Crippen LogP contribution in [0.3, 0.4) is 0 Å². The Bertz CT molecular complexity index is 948. The number of aryl methyl sites for hydroxylation is 2. The van der Waals surface area contributed by atoms with Crippen LogP contribution in [0.4, 0.5) is 5.69 Å². The molecule has 7 heteroatoms. The van der Waals surface area contributed by atoms with E-state index in [9.17, 15) is 13.2 Å². The van der Waals surface area contributed by atoms with Crippen LogP contribution in [0.2, 0.25) is 0 Å². The molecule has 0 fully saturated rings. The van der Waals surface area contributed by atoms with Crippen molar-refractivity contribution >= 4 is 33.4 Å². The topological polar surface area (TPSA) is 75.3 Å². The Morgan fingerprint density at radius 2 is 1.71 bits per heavy atom. The first kappa shape index (κ1) is 22.5. The Hall–Kier alpha value is -1.83. The molecule has 0 saturated heterocycles. The third-order valence-electron chi connectivity index (χ3n) is 3.97. The molecule has 2 rings (SSSR count). The number of sulfonamides is 1. The Morgan fingerprint density at radius 1 is 1.04 bits per heavy atom. The minimum absolute atomic E-state index is 0.0695. The van der Waals surface area contributed by atoms with Crippen LogP contribution in [0.5, 0.6) is 0 Å². The molecule has 0 aromatic heterocycles. The molecular weight excluding hydrogens is 392 g/mol. The van der Waals surface area contributed by atoms with Gasteiger partial charge in [-0.1, -0.05) is 18.2 Å². The van der Waals surface area contributed by atoms with Crippen molar-refractivity contribution in [2.75, 3.05) is 11.1 Å². The Labute approximate surface area is 172 Å². The third-order valence-corrected chi connectivity index (χ3v) is 6.78. The predicted octanol–water partition coefficient (Wildman–Crippen LogP) is 4.50. The minimum atomic E-state index is -3.74. The standard InChI is InChI=1S/C21H28N2O3S2/c1-15-10-11-17(14-16(15)2)27-13-12-20(24)22-18-8-6-7-9-19(18)28(25,26)23-21(3,4)5/h6-11,14,23H,12-13H2,1-5H3,(H,22,24). The largest absolute Gasteiger partial charge is 0.325 e. The van der Waals surface area contributed by atoms with Gasteiger partial charge in [-0.05, 0) is 70.0 Å². The highest BCUT2D eigenvalue weighted by atomic mass is 32.2. The second-order valence-electron chi connectivity index (χ2n) is 7.74. The van der Waals surface area contributed by atoms with E-state index < -0.39 is 15.6 Å². The van der Waals surface area contributed by atoms with Gasteiger partial charge in [0.2, 0.25) is 15.9 Å². The molecule has 0 aliphatic rings. The second-order valence-corrected chi connectivity index (χ2v) is 10.6. The molecule has 0 atom stereocenters. The normalized spacial score (nSPS) is 12.0. The maximum absolute atomic E-state index is 12.6. The lowest BCUT2D eigenvalue weighted by Crippen LogP contribution is -2.40. The highest BCUT2D eigenvalue weighted by molar-refractivity contribution is 7.99. The lowest BCUT2D eigenvalue weighted by molar-refractivity contribution is -0.115. The molecule has 1 amide bonds. The lowest BCUT2D eigenvalue weighted by atomic mass is 10.1. The smallest absolute Gasteiger partial charge is 0.243 e. The van der Waals surface area contributed by atoms with Crippen molar-refractivity contribution in [3.63, 3.8) is 0 Å². The number of carbonyl (C=O) groups excluding carboxylic acids is 1. The van der Waals surface area contributed by atoms with Gasteiger partial charge < -0.3 is 5.32 Å². The Kier molecular flexibility index (Phi) is 7.31. The summed E-state index contributed by atoms with van der Waals surface area (Å²) < 4.78 is 27.9. The summed E-state index contributed by atoms with van der Waals surface area (Å²) in [6, 6.07) is 12.7. The summed E-state index contributed by atoms with van der Waals surface area (Å²) in [7, 11) is -3.74. The molecule has 5 nitrogen and oxygen atoms in total. The fourth-order valence-electron chi connectivity index (χ4n) is 2.54. The van der Waals surface area contributed by atoms with Gasteiger partial charge in [0, 0.05) is 22.6 Å². The maximum Gasteiger partial charge on any atom is 0.243 e. The summed E-state index contributed by atoms with van der Waals surface area (Å²) in [5.41, 5.74) is 2.14. The first-order chi connectivity index (χ1) is 13.0. The number of nitrogens with one attached hydrogen (secondary N) is 2. The number of thioether (sulfide) groups is 1. The zero-order chi connectivity index (χ0) is 20.9. The first-order valence-electron chi connectivity index (χ1n) is 9.11. The van der Waals surface area contributed by atoms with Crippen LogP contribution in [0, 0.1) is 13.8 Å². The predicted molar refractivity (Wildman–Crippen MR) is 116 cm³/mol. The highest BCUT2D eigenvalue weighted by Gasteiger charge is 2.24. The molecule has 0 bridgehead atoms. The summed E-state index contributed by atoms with van der Waals surface area (Å²) in [6.45, 7) is 9.45. The van der Waals surface area contributed by atoms with Crippen molar-refractivity contribution in [3.8, 4) is 0 Å². The number of carbonyl (C=O) groups is 1. The summed E-state index contributed by atoms with van der Waals surface area (Å²) in [6.07, 6.45) is 0.290. The van der Waals surface area contributed by atoms with Crippen LogP contribution in [0.1, 0.15) is 38.3 Å². The Balaban J connectivity index is 2.01. The quantitative estimate of drug-likeness (QED) is 0.647. The van der Waals surface area contributed by atoms with E-state index in [1.54, 1.807) is 50.7 Å². The first-order valence-corrected chi connectivity index (χ1v) is 11.6. The zero-order valence-electron chi connectivity index (χ0n) is 17.0. The Morgan fingerprint density at radius 3 is 2.36 bits per heavy atom. The minimum Gasteiger partial charge on any atom is -0.325 e. The van der Waals surface area contributed by atoms with Gasteiger partial charge >= 0.3 is 0 Å². The van der Waals surface area contributed by atoms with E-state index >= 15 is 0 Å². The fraction of sp³-hybridized carbons (Fsp3) is 0.381. The van der Waals surface area contributed by atoms with Gasteiger partial charge in [-0.25, -0.2) is 13.1 Å². The number of hydrogen-bond donors (Lipinski definition) is 2. The summed E-state index contributed by atoms with van der Waals surface area (Å²) >= 11 is 1.61. The van der Waals surface area contributed by atoms with Gasteiger partial charge in [0.15, 0.2) is 0 Å². The number of benzene rings is 2. The number of anilines is 1. The highest BCUT2D eigenvalue weighted by Crippen LogP contribution is 2.24. The SMILES string of the molecule is Cc1ccc(SCCC(=O)Nc2ccccc2S(=O)(=O)NC(C)(C)C)cc1C. The molecule has 0 saturated carbocycles. The molecule has 0 spiro atoms. The zero-order valence-corrected chi connectivity index (χ0v) is 18.6. The van der Waals surface area contributed by atoms with Crippen LogP contribution < -0.4 is 10.0 Å². The van der Waals surface area contributed by atoms with E-state index in [0.717, 1.165) is 4.90 Å². The molecule has 0 radical (unpaired) electrons. The molecule has 0 heterocycles. The van der Waals surface area contributed by atoms with Gasteiger partial charge in [0.1, 0.15) is 4.90 Å². The third kappa shape index (κ3) is 6.65. The van der Waals surface area contributed by atoms with Crippen molar-refractivity contribution in [3.05, 3.63) is 53.6 Å². The maximum atomic E-state index is 12.6. The van der Waals surface area contributed by atoms with Gasteiger partial charge in [0.25, 0.3) is 0 Å². The van der Waals surface area contributed by atoms with Crippen LogP contribution in [-0.4, -0.2) is 25.6 Å². The summed E-state index contributed by atoms with van der Waals surface area (Å²) in [5, 5.41) is 2.74. The molecule has 28 heavy (non-hydrogen) atoms. The van der Waals surface area contributed by atoms with E-state index in [-0.39, 0.29) is 10.8 Å². The van der Waals surface area contributed by atoms with Gasteiger partial charge in [0.05, 0.1) is 5.69 Å². The molecular formula is C21H28N2O3S2. The fourth-order valence-corrected chi connectivity index (χ4v) is 5.07. The average molecular weight is 421 g/mol. The van der Waals surface area contributed by atoms with E-state index in [2.05, 4.69) is 36.0 Å². The molecule has 0 unspecified atom stereocenters. The van der Waals surface area contributed by atoms with Gasteiger partial charge in [-0.15, -0.1) is 11.8 Å². The number of rotatable bonds is 7. The summed E-state index contributed by atoms with van der Waals surface area (Å²) in [4.78, 5) is 13.5. The molecule has 2 N–H and O–H groups in total. The number of para-hydroxylation sites is 1. The molecule has 152 valence electrons. The number of hydrogen-bond acceptors (Lipinski definition) is 4. The summed E-state index contributed by atoms with van der Waals surface area (Å²) in [5.74, 6) is 0.401. The van der Waals surface area contributed by atoms with Crippen LogP contribution in [0.25, 0.3) is 0 Å². The molecule has 0 aliphatic heterocycles. The van der Waals surface area contributed by atoms with Crippen LogP contribution in [0.15, 0.2) is 52.3 Å². The van der Waals surface area contributed by atoms with Crippen molar-refractivity contribution < 1.29 is 13.2 Å². The van der Waals surface area contributed by atoms with Crippen LogP contribution in [-0.2, 0) is 14.8 Å². The van der Waals surface area contributed by atoms with Crippen LogP contribution >= 0.6 is 11.8 Å². The van der Waals surface area contributed by atoms with Crippen molar-refractivity contribution in [2.24, 2.45) is 0 Å². The second kappa shape index (κ2) is 9.11. The van der Waals surface area contributed by atoms with Crippen molar-refractivity contribution in [1.29, 1.82) is 0 Å². The number of amides is 1. The van der Waals surface area contributed by atoms with Crippen molar-refractivity contribution in [1.82, 2.24) is 4.72 Å². The van der Waals surface area contributed by atoms with Gasteiger partial charge in [-0.2, -0.15) is 0 Å². The van der Waals surface area contributed by atoms with Gasteiger partial charge in [-0.3, -0.25) is 4.79 Å². The van der Waals surface area contributed by atoms with Crippen molar-refractivity contribution in [2.45, 2.75) is 56.4 Å². The van der Waals surface area contributed by atoms with E-state index in [1.165, 1.54) is 17.2 Å². The molecule has 2 aromatic rings. The molecule has 0 aliphatic carbocycles. The average Bonchev–Trinajstić information content (AvgIpc) is 2.56.